The number of hydrogen-bond donors (Lipinski definition) is 0. The summed E-state index contributed by atoms with van der Waals surface area (Å²) in [6.07, 6.45) is 12.4. The van der Waals surface area contributed by atoms with Gasteiger partial charge in [-0.3, -0.25) is 19.2 Å². The molecule has 2 aliphatic heterocycles. The van der Waals surface area contributed by atoms with Crippen molar-refractivity contribution in [3.63, 3.8) is 0 Å². The van der Waals surface area contributed by atoms with Gasteiger partial charge in [0.2, 0.25) is 0 Å². The van der Waals surface area contributed by atoms with Gasteiger partial charge in [-0.05, 0) is 38.0 Å². The zero-order valence-corrected chi connectivity index (χ0v) is 20.7. The summed E-state index contributed by atoms with van der Waals surface area (Å²) >= 11 is 0. The van der Waals surface area contributed by atoms with Gasteiger partial charge in [-0.15, -0.1) is 0 Å². The Morgan fingerprint density at radius 2 is 1.76 bits per heavy atom. The molecule has 1 aliphatic carbocycles. The summed E-state index contributed by atoms with van der Waals surface area (Å²) in [5.74, 6) is -2.73. The number of carbonyl (C=O) groups is 4. The molecule has 0 aromatic carbocycles. The van der Waals surface area contributed by atoms with Gasteiger partial charge >= 0.3 is 11.9 Å². The van der Waals surface area contributed by atoms with E-state index in [9.17, 15) is 19.2 Å². The van der Waals surface area contributed by atoms with Gasteiger partial charge in [-0.1, -0.05) is 45.4 Å². The van der Waals surface area contributed by atoms with Crippen molar-refractivity contribution in [1.82, 2.24) is 0 Å². The van der Waals surface area contributed by atoms with E-state index in [4.69, 9.17) is 14.2 Å². The van der Waals surface area contributed by atoms with Crippen LogP contribution in [0.1, 0.15) is 85.5 Å². The minimum Gasteiger partial charge on any atom is -0.469 e. The quantitative estimate of drug-likeness (QED) is 0.227. The predicted molar refractivity (Wildman–Crippen MR) is 125 cm³/mol. The summed E-state index contributed by atoms with van der Waals surface area (Å²) in [6.45, 7) is 6.85. The van der Waals surface area contributed by atoms with Gasteiger partial charge in [-0.2, -0.15) is 0 Å². The number of hydrogen-bond acceptors (Lipinski definition) is 7. The molecule has 7 heteroatoms. The van der Waals surface area contributed by atoms with Gasteiger partial charge in [0.15, 0.2) is 11.4 Å². The molecule has 0 amide bonds. The molecule has 0 saturated carbocycles. The van der Waals surface area contributed by atoms with Crippen molar-refractivity contribution in [3.8, 4) is 0 Å². The molecule has 0 spiro atoms. The van der Waals surface area contributed by atoms with Crippen molar-refractivity contribution in [2.75, 3.05) is 0 Å². The third kappa shape index (κ3) is 5.68. The number of unbranched alkanes of at least 4 members (excludes halogenated alkanes) is 6. The van der Waals surface area contributed by atoms with Crippen LogP contribution in [0.2, 0.25) is 0 Å². The molecule has 3 aliphatic rings. The van der Waals surface area contributed by atoms with E-state index in [0.29, 0.717) is 29.7 Å². The van der Waals surface area contributed by atoms with Gasteiger partial charge in [0.25, 0.3) is 0 Å². The Morgan fingerprint density at radius 3 is 2.44 bits per heavy atom. The van der Waals surface area contributed by atoms with Crippen LogP contribution in [0.4, 0.5) is 0 Å². The monoisotopic (exact) mass is 472 g/mol. The second-order valence-electron chi connectivity index (χ2n) is 9.71. The highest BCUT2D eigenvalue weighted by Gasteiger charge is 2.62. The highest BCUT2D eigenvalue weighted by molar-refractivity contribution is 6.09. The number of fused-ring (bicyclic) bond motifs is 3. The minimum atomic E-state index is -1.41. The molecule has 0 aromatic heterocycles. The fraction of sp³-hybridized carbons (Fsp3) is 0.630. The highest BCUT2D eigenvalue weighted by Crippen LogP contribution is 2.50. The number of esters is 2. The second-order valence-corrected chi connectivity index (χ2v) is 9.71. The molecule has 3 rings (SSSR count). The van der Waals surface area contributed by atoms with Gasteiger partial charge in [0.1, 0.15) is 23.6 Å². The molecule has 186 valence electrons. The van der Waals surface area contributed by atoms with Gasteiger partial charge in [-0.25, -0.2) is 0 Å². The van der Waals surface area contributed by atoms with Crippen molar-refractivity contribution in [3.05, 3.63) is 35.3 Å². The number of Topliss-reactive ketones (excluding diaryl/α,β-unsaturated/α-hetero) is 1. The molecule has 1 fully saturated rings. The lowest BCUT2D eigenvalue weighted by atomic mass is 9.67. The van der Waals surface area contributed by atoms with Crippen LogP contribution in [0.5, 0.6) is 0 Å². The maximum Gasteiger partial charge on any atom is 0.318 e. The van der Waals surface area contributed by atoms with Crippen LogP contribution >= 0.6 is 0 Å². The number of ketones is 2. The van der Waals surface area contributed by atoms with E-state index < -0.39 is 29.5 Å². The van der Waals surface area contributed by atoms with Crippen LogP contribution in [-0.4, -0.2) is 35.2 Å². The third-order valence-corrected chi connectivity index (χ3v) is 6.82. The van der Waals surface area contributed by atoms with E-state index in [2.05, 4.69) is 6.92 Å². The third-order valence-electron chi connectivity index (χ3n) is 6.82. The molecule has 1 saturated heterocycles. The van der Waals surface area contributed by atoms with E-state index in [1.165, 1.54) is 38.5 Å². The van der Waals surface area contributed by atoms with Crippen LogP contribution in [0.3, 0.4) is 0 Å². The number of carbonyl (C=O) groups excluding carboxylic acids is 4. The summed E-state index contributed by atoms with van der Waals surface area (Å²) in [4.78, 5) is 50.1. The van der Waals surface area contributed by atoms with E-state index in [0.717, 1.165) is 25.7 Å². The summed E-state index contributed by atoms with van der Waals surface area (Å²) < 4.78 is 16.5. The maximum atomic E-state index is 13.1. The number of rotatable bonds is 12. The summed E-state index contributed by atoms with van der Waals surface area (Å²) in [7, 11) is 0. The van der Waals surface area contributed by atoms with E-state index in [-0.39, 0.29) is 17.5 Å². The smallest absolute Gasteiger partial charge is 0.318 e. The van der Waals surface area contributed by atoms with Gasteiger partial charge < -0.3 is 14.2 Å². The second kappa shape index (κ2) is 11.2. The first-order valence-electron chi connectivity index (χ1n) is 12.4. The first-order valence-corrected chi connectivity index (χ1v) is 12.4. The zero-order chi connectivity index (χ0) is 24.9. The predicted octanol–water partition coefficient (Wildman–Crippen LogP) is 4.89. The summed E-state index contributed by atoms with van der Waals surface area (Å²) in [6, 6.07) is 0. The lowest BCUT2D eigenvalue weighted by Crippen LogP contribution is -2.46. The molecule has 34 heavy (non-hydrogen) atoms. The highest BCUT2D eigenvalue weighted by atomic mass is 16.6. The molecule has 0 bridgehead atoms. The van der Waals surface area contributed by atoms with E-state index >= 15 is 0 Å². The fourth-order valence-electron chi connectivity index (χ4n) is 5.07. The van der Waals surface area contributed by atoms with Crippen LogP contribution in [0.25, 0.3) is 0 Å². The maximum absolute atomic E-state index is 13.1. The topological polar surface area (TPSA) is 96.0 Å². The van der Waals surface area contributed by atoms with Crippen molar-refractivity contribution in [1.29, 1.82) is 0 Å². The van der Waals surface area contributed by atoms with Gasteiger partial charge in [0.05, 0.1) is 12.2 Å². The van der Waals surface area contributed by atoms with Crippen molar-refractivity contribution < 1.29 is 33.4 Å². The van der Waals surface area contributed by atoms with Crippen LogP contribution in [-0.2, 0) is 33.4 Å². The van der Waals surface area contributed by atoms with E-state index in [1.807, 2.05) is 0 Å². The average Bonchev–Trinajstić information content (AvgIpc) is 3.04. The largest absolute Gasteiger partial charge is 0.469 e. The Balaban J connectivity index is 1.70. The Hall–Kier alpha value is -2.70. The first kappa shape index (κ1) is 25.9. The number of allylic oxidation sites excluding steroid dienone is 2. The van der Waals surface area contributed by atoms with Crippen molar-refractivity contribution in [2.45, 2.75) is 97.2 Å². The molecule has 2 heterocycles. The summed E-state index contributed by atoms with van der Waals surface area (Å²) in [5, 5.41) is 0. The Labute approximate surface area is 201 Å². The van der Waals surface area contributed by atoms with Crippen LogP contribution in [0, 0.1) is 11.8 Å². The molecular formula is C27H36O7. The summed E-state index contributed by atoms with van der Waals surface area (Å²) in [5.41, 5.74) is -0.183. The van der Waals surface area contributed by atoms with Crippen molar-refractivity contribution in [2.24, 2.45) is 11.8 Å². The van der Waals surface area contributed by atoms with E-state index in [1.54, 1.807) is 19.9 Å². The Morgan fingerprint density at radius 1 is 1.09 bits per heavy atom. The molecule has 7 nitrogen and oxygen atoms in total. The molecule has 0 radical (unpaired) electrons. The fourth-order valence-corrected chi connectivity index (χ4v) is 5.07. The molecule has 0 N–H and O–H groups in total. The molecule has 0 aromatic rings. The zero-order valence-electron chi connectivity index (χ0n) is 20.7. The average molecular weight is 473 g/mol. The molecule has 0 unspecified atom stereocenters. The molecular weight excluding hydrogens is 436 g/mol. The standard InChI is InChI=1S/C27H36O7/c1-5-6-7-8-9-10-11-12-22(29)24-25-21-16-32-20(13-17(2)33-18(3)28)14-19(21)15-23(30)27(25,4)34-26(24)31/h14-17,24-25H,5-13H2,1-4H3/t17-,24+,25+,27+/m1/s1. The number of ether oxygens (including phenoxy) is 3. The first-order chi connectivity index (χ1) is 16.2. The van der Waals surface area contributed by atoms with Crippen molar-refractivity contribution >= 4 is 23.5 Å². The Bertz CT molecular complexity index is 925. The lowest BCUT2D eigenvalue weighted by molar-refractivity contribution is -0.156. The lowest BCUT2D eigenvalue weighted by Gasteiger charge is -2.35. The normalized spacial score (nSPS) is 26.3. The molecule has 4 atom stereocenters. The van der Waals surface area contributed by atoms with Gasteiger partial charge in [0, 0.05) is 25.3 Å². The SMILES string of the molecule is CCCCCCCCCC(=O)[C@@H]1C(=O)O[C@@]2(C)C(=O)C=C3C=C(C[C@@H](C)OC(C)=O)OC=C3[C@@H]12. The minimum absolute atomic E-state index is 0.180. The van der Waals surface area contributed by atoms with Crippen LogP contribution < -0.4 is 0 Å². The van der Waals surface area contributed by atoms with Crippen LogP contribution in [0.15, 0.2) is 35.3 Å². The Kier molecular flexibility index (Phi) is 8.50.